The van der Waals surface area contributed by atoms with E-state index in [2.05, 4.69) is 63.0 Å². The first kappa shape index (κ1) is 36.7. The minimum atomic E-state index is -2.44. The molecule has 0 bridgehead atoms. The van der Waals surface area contributed by atoms with Gasteiger partial charge in [-0.05, 0) is 66.5 Å². The number of nitrogens with zero attached hydrogens (tertiary/aromatic N) is 5. The average Bonchev–Trinajstić information content (AvgIpc) is 3.56. The number of halogens is 4. The highest BCUT2D eigenvalue weighted by molar-refractivity contribution is 6.90. The molecule has 5 heterocycles. The van der Waals surface area contributed by atoms with Gasteiger partial charge in [0.1, 0.15) is 43.7 Å². The van der Waals surface area contributed by atoms with E-state index in [1.807, 2.05) is 9.80 Å². The number of rotatable bonds is 8. The van der Waals surface area contributed by atoms with Crippen LogP contribution in [0.5, 0.6) is 6.01 Å². The molecule has 0 spiro atoms. The molecule has 1 aliphatic carbocycles. The van der Waals surface area contributed by atoms with E-state index in [-0.39, 0.29) is 57.3 Å². The van der Waals surface area contributed by atoms with E-state index >= 15 is 13.2 Å². The smallest absolute Gasteiger partial charge is 0.319 e. The molecule has 4 aromatic rings. The second kappa shape index (κ2) is 14.6. The number of hydrogen-bond acceptors (Lipinski definition) is 8. The third-order valence-corrected chi connectivity index (χ3v) is 20.0. The van der Waals surface area contributed by atoms with Crippen LogP contribution < -0.4 is 15.4 Å². The van der Waals surface area contributed by atoms with Gasteiger partial charge in [-0.2, -0.15) is 9.97 Å². The van der Waals surface area contributed by atoms with Crippen molar-refractivity contribution < 1.29 is 25.4 Å². The van der Waals surface area contributed by atoms with Gasteiger partial charge in [-0.1, -0.05) is 53.5 Å². The summed E-state index contributed by atoms with van der Waals surface area (Å²) in [5.74, 6) is 2.17. The molecule has 2 aromatic heterocycles. The molecule has 3 aliphatic heterocycles. The Balaban J connectivity index is 1.33. The minimum absolute atomic E-state index is 0.00596. The molecule has 13 heteroatoms. The van der Waals surface area contributed by atoms with Gasteiger partial charge in [-0.15, -0.1) is 17.1 Å². The van der Waals surface area contributed by atoms with Crippen LogP contribution in [0.4, 0.5) is 24.7 Å². The lowest BCUT2D eigenvalue weighted by molar-refractivity contribution is 0.0879. The highest BCUT2D eigenvalue weighted by Gasteiger charge is 2.55. The zero-order chi connectivity index (χ0) is 41.6. The average molecular weight is 807 g/mol. The Bertz CT molecular complexity index is 2320. The Morgan fingerprint density at radius 1 is 1.12 bits per heavy atom. The number of nitrogen functional groups attached to an aromatic ring is 1. The number of hydrogen-bond donors (Lipinski definition) is 1. The standard InChI is InChI=1S/C43H52ClF3N6O2Si/c1-23(2)56(24(3)4,25(5)6)16-11-29-33(45)10-9-27-17-28(48)18-30(35(27)29)38-37(47)39-31(20-49-38)41(52-14-15-54-21-32-36(44)40(32)52)51-42(50-39)55-22-43-12-8-13-53(43)26(7)34(46)19-43/h9-10,17-18,20,23-26,32,34,36,40H,8,12-15,19,21-22,48H2,1-7H3/t26-,32+,34-,36+,40+,43+/m1/s1/i22D2. The summed E-state index contributed by atoms with van der Waals surface area (Å²) in [4.78, 5) is 17.7. The number of alkyl halides is 2. The lowest BCUT2D eigenvalue weighted by Crippen LogP contribution is -2.46. The van der Waals surface area contributed by atoms with Crippen molar-refractivity contribution in [1.82, 2.24) is 19.9 Å². The molecule has 8 rings (SSSR count). The van der Waals surface area contributed by atoms with Crippen LogP contribution in [-0.2, 0) is 4.74 Å². The molecule has 8 nitrogen and oxygen atoms in total. The SMILES string of the molecule is [2H]C([2H])(Oc1nc(N2CCOC[C@H]3[C@H](Cl)[C@H]32)c2cnc(-c3cc(N)cc4ccc(F)c(C#C[Si](C(C)C)(C(C)C)C(C)C)c34)c(F)c2n1)[C@@]12CCCN1[C@H](C)[C@H](F)C2. The van der Waals surface area contributed by atoms with Gasteiger partial charge < -0.3 is 20.1 Å². The van der Waals surface area contributed by atoms with E-state index < -0.39 is 50.0 Å². The van der Waals surface area contributed by atoms with Gasteiger partial charge in [0.2, 0.25) is 0 Å². The Kier molecular flexibility index (Phi) is 9.59. The second-order valence-electron chi connectivity index (χ2n) is 17.1. The van der Waals surface area contributed by atoms with Crippen molar-refractivity contribution in [2.75, 3.05) is 43.5 Å². The van der Waals surface area contributed by atoms with Crippen molar-refractivity contribution in [2.24, 2.45) is 5.92 Å². The first-order valence-corrected chi connectivity index (χ1v) is 22.6. The van der Waals surface area contributed by atoms with Crippen LogP contribution in [0.2, 0.25) is 16.6 Å². The Labute approximate surface area is 336 Å². The highest BCUT2D eigenvalue weighted by atomic mass is 35.5. The van der Waals surface area contributed by atoms with E-state index in [9.17, 15) is 2.74 Å². The van der Waals surface area contributed by atoms with Crippen molar-refractivity contribution in [3.63, 3.8) is 0 Å². The van der Waals surface area contributed by atoms with E-state index in [1.165, 1.54) is 12.3 Å². The quantitative estimate of drug-likeness (QED) is 0.0817. The maximum atomic E-state index is 17.6. The van der Waals surface area contributed by atoms with Crippen LogP contribution in [0.25, 0.3) is 32.9 Å². The normalized spacial score (nSPS) is 27.3. The van der Waals surface area contributed by atoms with Crippen LogP contribution in [0.1, 0.15) is 76.0 Å². The molecule has 0 unspecified atom stereocenters. The van der Waals surface area contributed by atoms with Crippen LogP contribution in [0, 0.1) is 29.0 Å². The number of aromatic nitrogens is 3. The predicted octanol–water partition coefficient (Wildman–Crippen LogP) is 9.06. The molecule has 0 radical (unpaired) electrons. The summed E-state index contributed by atoms with van der Waals surface area (Å²) >= 11 is 6.75. The van der Waals surface area contributed by atoms with Crippen LogP contribution in [0.3, 0.4) is 0 Å². The van der Waals surface area contributed by atoms with E-state index in [4.69, 9.17) is 31.8 Å². The van der Waals surface area contributed by atoms with E-state index in [0.29, 0.717) is 72.2 Å². The van der Waals surface area contributed by atoms with Gasteiger partial charge in [0, 0.05) is 47.8 Å². The van der Waals surface area contributed by atoms with E-state index in [0.717, 1.165) is 0 Å². The van der Waals surface area contributed by atoms with Gasteiger partial charge in [-0.3, -0.25) is 9.88 Å². The Morgan fingerprint density at radius 3 is 2.61 bits per heavy atom. The van der Waals surface area contributed by atoms with Crippen molar-refractivity contribution in [3.05, 3.63) is 47.7 Å². The first-order chi connectivity index (χ1) is 27.4. The molecule has 4 fully saturated rings. The van der Waals surface area contributed by atoms with Gasteiger partial charge in [0.15, 0.2) is 5.82 Å². The van der Waals surface area contributed by atoms with Crippen molar-refractivity contribution in [1.29, 1.82) is 0 Å². The molecule has 4 aliphatic rings. The zero-order valence-corrected chi connectivity index (χ0v) is 34.9. The fourth-order valence-corrected chi connectivity index (χ4v) is 15.9. The Hall–Kier alpha value is -3.63. The van der Waals surface area contributed by atoms with E-state index in [1.54, 1.807) is 25.1 Å². The summed E-state index contributed by atoms with van der Waals surface area (Å²) in [5.41, 5.74) is 10.1. The number of anilines is 2. The van der Waals surface area contributed by atoms with Gasteiger partial charge >= 0.3 is 6.01 Å². The molecule has 3 saturated heterocycles. The summed E-state index contributed by atoms with van der Waals surface area (Å²) in [6.45, 7) is 14.2. The summed E-state index contributed by atoms with van der Waals surface area (Å²) in [6, 6.07) is 5.18. The van der Waals surface area contributed by atoms with Gasteiger partial charge in [0.25, 0.3) is 0 Å². The fraction of sp³-hybridized carbons (Fsp3) is 0.558. The predicted molar refractivity (Wildman–Crippen MR) is 221 cm³/mol. The molecule has 298 valence electrons. The molecule has 2 aromatic carbocycles. The maximum Gasteiger partial charge on any atom is 0.319 e. The topological polar surface area (TPSA) is 89.6 Å². The molecule has 56 heavy (non-hydrogen) atoms. The molecule has 1 saturated carbocycles. The number of ether oxygens (including phenoxy) is 2. The largest absolute Gasteiger partial charge is 0.461 e. The summed E-state index contributed by atoms with van der Waals surface area (Å²) in [5, 5.41) is 0.956. The monoisotopic (exact) mass is 806 g/mol. The molecular weight excluding hydrogens is 753 g/mol. The zero-order valence-electron chi connectivity index (χ0n) is 35.1. The Morgan fingerprint density at radius 2 is 1.88 bits per heavy atom. The van der Waals surface area contributed by atoms with Gasteiger partial charge in [-0.25, -0.2) is 13.2 Å². The molecular formula is C43H52ClF3N6O2Si. The minimum Gasteiger partial charge on any atom is -0.461 e. The number of nitrogens with two attached hydrogens (primary N) is 1. The first-order valence-electron chi connectivity index (χ1n) is 20.9. The van der Waals surface area contributed by atoms with Crippen LogP contribution >= 0.6 is 11.6 Å². The number of benzene rings is 2. The third-order valence-electron chi connectivity index (χ3n) is 13.1. The highest BCUT2D eigenvalue weighted by Crippen LogP contribution is 2.48. The summed E-state index contributed by atoms with van der Waals surface area (Å²) in [6.07, 6.45) is 1.25. The van der Waals surface area contributed by atoms with Crippen LogP contribution in [-0.4, -0.2) is 90.0 Å². The van der Waals surface area contributed by atoms with Crippen LogP contribution in [0.15, 0.2) is 30.5 Å². The lowest BCUT2D eigenvalue weighted by atomic mass is 9.94. The second-order valence-corrected chi connectivity index (χ2v) is 23.2. The molecule has 2 N–H and O–H groups in total. The summed E-state index contributed by atoms with van der Waals surface area (Å²) in [7, 11) is -2.31. The summed E-state index contributed by atoms with van der Waals surface area (Å²) < 4.78 is 79.5. The molecule has 0 amide bonds. The van der Waals surface area contributed by atoms with Crippen molar-refractivity contribution in [2.45, 2.75) is 114 Å². The van der Waals surface area contributed by atoms with Crippen molar-refractivity contribution in [3.8, 4) is 28.7 Å². The number of fused-ring (bicyclic) bond motifs is 4. The third kappa shape index (κ3) is 6.32. The maximum absolute atomic E-state index is 17.6. The lowest BCUT2D eigenvalue weighted by Gasteiger charge is -2.38. The van der Waals surface area contributed by atoms with Crippen molar-refractivity contribution >= 4 is 52.9 Å². The number of pyridine rings is 1. The van der Waals surface area contributed by atoms with Gasteiger partial charge in [0.05, 0.1) is 43.9 Å². The molecule has 6 atom stereocenters. The fourth-order valence-electron chi connectivity index (χ4n) is 10.2.